The third-order valence-electron chi connectivity index (χ3n) is 1.29. The van der Waals surface area contributed by atoms with Gasteiger partial charge in [-0.1, -0.05) is 6.92 Å². The van der Waals surface area contributed by atoms with E-state index in [1.807, 2.05) is 14.0 Å². The SMILES string of the molecule is CNCC(C)C(=O)NN(C)C. The average Bonchev–Trinajstić information content (AvgIpc) is 1.86. The summed E-state index contributed by atoms with van der Waals surface area (Å²) < 4.78 is 0. The summed E-state index contributed by atoms with van der Waals surface area (Å²) in [5.41, 5.74) is 2.68. The molecule has 0 radical (unpaired) electrons. The van der Waals surface area contributed by atoms with Crippen LogP contribution < -0.4 is 10.7 Å². The minimum atomic E-state index is 0.0161. The molecule has 0 saturated heterocycles. The van der Waals surface area contributed by atoms with E-state index >= 15 is 0 Å². The first-order chi connectivity index (χ1) is 5.07. The molecule has 0 aliphatic rings. The second kappa shape index (κ2) is 5.09. The van der Waals surface area contributed by atoms with Gasteiger partial charge in [0, 0.05) is 26.6 Å². The largest absolute Gasteiger partial charge is 0.319 e. The molecule has 4 heteroatoms. The van der Waals surface area contributed by atoms with E-state index in [4.69, 9.17) is 0 Å². The van der Waals surface area contributed by atoms with Gasteiger partial charge in [-0.2, -0.15) is 0 Å². The van der Waals surface area contributed by atoms with E-state index in [2.05, 4.69) is 10.7 Å². The fraction of sp³-hybridized carbons (Fsp3) is 0.857. The summed E-state index contributed by atoms with van der Waals surface area (Å²) in [6.07, 6.45) is 0. The van der Waals surface area contributed by atoms with E-state index in [1.54, 1.807) is 19.1 Å². The van der Waals surface area contributed by atoms with E-state index in [9.17, 15) is 4.79 Å². The predicted octanol–water partition coefficient (Wildman–Crippen LogP) is -0.565. The summed E-state index contributed by atoms with van der Waals surface area (Å²) >= 11 is 0. The molecule has 0 aromatic heterocycles. The summed E-state index contributed by atoms with van der Waals surface area (Å²) in [4.78, 5) is 11.2. The lowest BCUT2D eigenvalue weighted by Gasteiger charge is -2.15. The maximum Gasteiger partial charge on any atom is 0.238 e. The van der Waals surface area contributed by atoms with Crippen molar-refractivity contribution >= 4 is 5.91 Å². The number of carbonyl (C=O) groups excluding carboxylic acids is 1. The zero-order valence-corrected chi connectivity index (χ0v) is 7.64. The monoisotopic (exact) mass is 159 g/mol. The summed E-state index contributed by atoms with van der Waals surface area (Å²) in [7, 11) is 5.42. The Kier molecular flexibility index (Phi) is 4.81. The van der Waals surface area contributed by atoms with Crippen LogP contribution in [0.4, 0.5) is 0 Å². The summed E-state index contributed by atoms with van der Waals surface area (Å²) in [6.45, 7) is 2.59. The van der Waals surface area contributed by atoms with Crippen LogP contribution in [0.1, 0.15) is 6.92 Å². The highest BCUT2D eigenvalue weighted by Crippen LogP contribution is 1.91. The Morgan fingerprint density at radius 3 is 2.45 bits per heavy atom. The molecule has 4 nitrogen and oxygen atoms in total. The van der Waals surface area contributed by atoms with E-state index in [0.717, 1.165) is 0 Å². The van der Waals surface area contributed by atoms with Crippen LogP contribution in [-0.4, -0.2) is 38.6 Å². The van der Waals surface area contributed by atoms with Crippen LogP contribution >= 0.6 is 0 Å². The van der Waals surface area contributed by atoms with Crippen LogP contribution in [0.3, 0.4) is 0 Å². The lowest BCUT2D eigenvalue weighted by Crippen LogP contribution is -2.41. The normalized spacial score (nSPS) is 13.2. The lowest BCUT2D eigenvalue weighted by molar-refractivity contribution is -0.128. The molecule has 11 heavy (non-hydrogen) atoms. The van der Waals surface area contributed by atoms with Gasteiger partial charge in [0.05, 0.1) is 0 Å². The zero-order valence-electron chi connectivity index (χ0n) is 7.64. The van der Waals surface area contributed by atoms with Crippen molar-refractivity contribution in [3.8, 4) is 0 Å². The van der Waals surface area contributed by atoms with Crippen molar-refractivity contribution < 1.29 is 4.79 Å². The first kappa shape index (κ1) is 10.4. The van der Waals surface area contributed by atoms with Gasteiger partial charge in [-0.3, -0.25) is 10.2 Å². The van der Waals surface area contributed by atoms with Crippen LogP contribution in [-0.2, 0) is 4.79 Å². The Hall–Kier alpha value is -0.610. The van der Waals surface area contributed by atoms with Gasteiger partial charge in [-0.25, -0.2) is 5.01 Å². The minimum absolute atomic E-state index is 0.0161. The fourth-order valence-corrected chi connectivity index (χ4v) is 0.729. The molecule has 66 valence electrons. The van der Waals surface area contributed by atoms with Gasteiger partial charge >= 0.3 is 0 Å². The molecular weight excluding hydrogens is 142 g/mol. The van der Waals surface area contributed by atoms with E-state index in [0.29, 0.717) is 6.54 Å². The summed E-state index contributed by atoms with van der Waals surface area (Å²) in [5.74, 6) is 0.0618. The fourth-order valence-electron chi connectivity index (χ4n) is 0.729. The summed E-state index contributed by atoms with van der Waals surface area (Å²) in [5, 5.41) is 4.59. The Balaban J connectivity index is 3.64. The number of nitrogens with one attached hydrogen (secondary N) is 2. The second-order valence-electron chi connectivity index (χ2n) is 2.83. The molecule has 0 spiro atoms. The molecule has 0 fully saturated rings. The first-order valence-electron chi connectivity index (χ1n) is 3.70. The Labute approximate surface area is 67.9 Å². The molecule has 0 aromatic rings. The van der Waals surface area contributed by atoms with Crippen LogP contribution in [0.2, 0.25) is 0 Å². The highest BCUT2D eigenvalue weighted by molar-refractivity contribution is 5.77. The van der Waals surface area contributed by atoms with Crippen molar-refractivity contribution in [2.45, 2.75) is 6.92 Å². The van der Waals surface area contributed by atoms with E-state index < -0.39 is 0 Å². The molecule has 0 rings (SSSR count). The molecular formula is C7H17N3O. The van der Waals surface area contributed by atoms with Crippen molar-refractivity contribution in [2.24, 2.45) is 5.92 Å². The lowest BCUT2D eigenvalue weighted by atomic mass is 10.2. The van der Waals surface area contributed by atoms with Gasteiger partial charge in [0.15, 0.2) is 0 Å². The maximum absolute atomic E-state index is 11.2. The standard InChI is InChI=1S/C7H17N3O/c1-6(5-8-2)7(11)9-10(3)4/h6,8H,5H2,1-4H3,(H,9,11). The molecule has 0 aromatic carbocycles. The molecule has 1 amide bonds. The highest BCUT2D eigenvalue weighted by Gasteiger charge is 2.10. The Bertz CT molecular complexity index is 125. The third-order valence-corrected chi connectivity index (χ3v) is 1.29. The zero-order chi connectivity index (χ0) is 8.85. The third kappa shape index (κ3) is 4.75. The van der Waals surface area contributed by atoms with Crippen LogP contribution in [0.15, 0.2) is 0 Å². The van der Waals surface area contributed by atoms with Crippen molar-refractivity contribution in [3.63, 3.8) is 0 Å². The van der Waals surface area contributed by atoms with Gasteiger partial charge in [0.25, 0.3) is 0 Å². The summed E-state index contributed by atoms with van der Waals surface area (Å²) in [6, 6.07) is 0. The number of hydrogen-bond donors (Lipinski definition) is 2. The van der Waals surface area contributed by atoms with Crippen molar-refractivity contribution in [1.82, 2.24) is 15.8 Å². The topological polar surface area (TPSA) is 44.4 Å². The predicted molar refractivity (Wildman–Crippen MR) is 44.9 cm³/mol. The van der Waals surface area contributed by atoms with Crippen LogP contribution in [0, 0.1) is 5.92 Å². The number of amides is 1. The average molecular weight is 159 g/mol. The van der Waals surface area contributed by atoms with E-state index in [1.165, 1.54) is 0 Å². The van der Waals surface area contributed by atoms with Gasteiger partial charge < -0.3 is 5.32 Å². The smallest absolute Gasteiger partial charge is 0.238 e. The van der Waals surface area contributed by atoms with Crippen molar-refractivity contribution in [3.05, 3.63) is 0 Å². The number of carbonyl (C=O) groups is 1. The van der Waals surface area contributed by atoms with Gasteiger partial charge in [0.2, 0.25) is 5.91 Å². The molecule has 0 heterocycles. The van der Waals surface area contributed by atoms with Crippen molar-refractivity contribution in [1.29, 1.82) is 0 Å². The quantitative estimate of drug-likeness (QED) is 0.540. The number of rotatable bonds is 4. The number of nitrogens with zero attached hydrogens (tertiary/aromatic N) is 1. The maximum atomic E-state index is 11.2. The molecule has 0 aliphatic heterocycles. The minimum Gasteiger partial charge on any atom is -0.319 e. The molecule has 1 unspecified atom stereocenters. The second-order valence-corrected chi connectivity index (χ2v) is 2.83. The molecule has 0 aliphatic carbocycles. The van der Waals surface area contributed by atoms with Crippen LogP contribution in [0.5, 0.6) is 0 Å². The molecule has 0 bridgehead atoms. The van der Waals surface area contributed by atoms with E-state index in [-0.39, 0.29) is 11.8 Å². The molecule has 1 atom stereocenters. The first-order valence-corrected chi connectivity index (χ1v) is 3.70. The van der Waals surface area contributed by atoms with Gasteiger partial charge in [-0.05, 0) is 7.05 Å². The van der Waals surface area contributed by atoms with Crippen molar-refractivity contribution in [2.75, 3.05) is 27.7 Å². The highest BCUT2D eigenvalue weighted by atomic mass is 16.2. The Morgan fingerprint density at radius 1 is 1.55 bits per heavy atom. The molecule has 0 saturated carbocycles. The van der Waals surface area contributed by atoms with Gasteiger partial charge in [-0.15, -0.1) is 0 Å². The van der Waals surface area contributed by atoms with Crippen LogP contribution in [0.25, 0.3) is 0 Å². The Morgan fingerprint density at radius 2 is 2.09 bits per heavy atom. The number of hydrogen-bond acceptors (Lipinski definition) is 3. The van der Waals surface area contributed by atoms with Gasteiger partial charge in [0.1, 0.15) is 0 Å². The molecule has 2 N–H and O–H groups in total. The number of hydrazine groups is 1.